The van der Waals surface area contributed by atoms with Gasteiger partial charge in [0.05, 0.1) is 6.04 Å². The molecule has 0 saturated heterocycles. The third-order valence-corrected chi connectivity index (χ3v) is 5.78. The van der Waals surface area contributed by atoms with E-state index in [-0.39, 0.29) is 17.5 Å². The number of nitrogens with zero attached hydrogens (tertiary/aromatic N) is 1. The summed E-state index contributed by atoms with van der Waals surface area (Å²) >= 11 is 0. The van der Waals surface area contributed by atoms with Gasteiger partial charge in [0.1, 0.15) is 11.6 Å². The molecule has 0 aliphatic heterocycles. The molecule has 3 rings (SSSR count). The van der Waals surface area contributed by atoms with Gasteiger partial charge < -0.3 is 10.6 Å². The lowest BCUT2D eigenvalue weighted by Crippen LogP contribution is -2.30. The van der Waals surface area contributed by atoms with Gasteiger partial charge in [0.25, 0.3) is 5.91 Å². The van der Waals surface area contributed by atoms with E-state index in [1.54, 1.807) is 0 Å². The molecule has 2 aromatic rings. The molecular weight excluding hydrogens is 370 g/mol. The Morgan fingerprint density at radius 2 is 1.87 bits per heavy atom. The molecule has 0 spiro atoms. The first-order valence-electron chi connectivity index (χ1n) is 10.9. The smallest absolute Gasteiger partial charge is 0.263 e. The Hall–Kier alpha value is -3.06. The Labute approximate surface area is 180 Å². The van der Waals surface area contributed by atoms with Crippen molar-refractivity contribution in [3.63, 3.8) is 0 Å². The average molecular weight is 402 g/mol. The molecule has 1 amide bonds. The van der Waals surface area contributed by atoms with Crippen LogP contribution in [0.2, 0.25) is 0 Å². The SMILES string of the molecule is CCC(NC(=O)/C(C#N)=C\NCCc1ccc(C)cc1)c1ccc2c(c1)CCCC2. The van der Waals surface area contributed by atoms with Crippen LogP contribution >= 0.6 is 0 Å². The van der Waals surface area contributed by atoms with Gasteiger partial charge in [-0.2, -0.15) is 5.26 Å². The monoisotopic (exact) mass is 401 g/mol. The normalized spacial score (nSPS) is 14.4. The van der Waals surface area contributed by atoms with E-state index in [4.69, 9.17) is 0 Å². The number of carbonyl (C=O) groups excluding carboxylic acids is 1. The molecule has 1 atom stereocenters. The van der Waals surface area contributed by atoms with E-state index in [2.05, 4.69) is 66.9 Å². The molecule has 0 radical (unpaired) electrons. The molecule has 0 fully saturated rings. The molecule has 1 unspecified atom stereocenters. The Bertz CT molecular complexity index is 938. The zero-order valence-corrected chi connectivity index (χ0v) is 18.0. The van der Waals surface area contributed by atoms with Gasteiger partial charge in [-0.15, -0.1) is 0 Å². The lowest BCUT2D eigenvalue weighted by molar-refractivity contribution is -0.117. The van der Waals surface area contributed by atoms with Gasteiger partial charge in [0.2, 0.25) is 0 Å². The summed E-state index contributed by atoms with van der Waals surface area (Å²) < 4.78 is 0. The van der Waals surface area contributed by atoms with Crippen LogP contribution in [0.15, 0.2) is 54.2 Å². The number of nitriles is 1. The van der Waals surface area contributed by atoms with Crippen LogP contribution in [0.1, 0.15) is 60.0 Å². The van der Waals surface area contributed by atoms with Gasteiger partial charge in [0.15, 0.2) is 0 Å². The molecule has 1 aliphatic carbocycles. The van der Waals surface area contributed by atoms with Crippen molar-refractivity contribution in [3.05, 3.63) is 82.1 Å². The summed E-state index contributed by atoms with van der Waals surface area (Å²) in [5.74, 6) is -0.329. The average Bonchev–Trinajstić information content (AvgIpc) is 2.78. The number of carbonyl (C=O) groups is 1. The fourth-order valence-corrected chi connectivity index (χ4v) is 3.92. The minimum absolute atomic E-state index is 0.0889. The fourth-order valence-electron chi connectivity index (χ4n) is 3.92. The van der Waals surface area contributed by atoms with Crippen LogP contribution in [0.4, 0.5) is 0 Å². The first-order valence-corrected chi connectivity index (χ1v) is 10.9. The van der Waals surface area contributed by atoms with Crippen LogP contribution in [-0.4, -0.2) is 12.5 Å². The predicted octanol–water partition coefficient (Wildman–Crippen LogP) is 4.68. The minimum Gasteiger partial charge on any atom is -0.389 e. The maximum Gasteiger partial charge on any atom is 0.263 e. The van der Waals surface area contributed by atoms with Crippen molar-refractivity contribution in [2.24, 2.45) is 0 Å². The van der Waals surface area contributed by atoms with E-state index in [1.165, 1.54) is 41.3 Å². The Morgan fingerprint density at radius 1 is 1.13 bits per heavy atom. The van der Waals surface area contributed by atoms with E-state index >= 15 is 0 Å². The Kier molecular flexibility index (Phi) is 7.68. The summed E-state index contributed by atoms with van der Waals surface area (Å²) in [6, 6.07) is 16.9. The zero-order chi connectivity index (χ0) is 21.3. The summed E-state index contributed by atoms with van der Waals surface area (Å²) in [6.07, 6.45) is 7.90. The molecule has 156 valence electrons. The van der Waals surface area contributed by atoms with Crippen LogP contribution < -0.4 is 10.6 Å². The van der Waals surface area contributed by atoms with Gasteiger partial charge in [-0.25, -0.2) is 0 Å². The Morgan fingerprint density at radius 3 is 2.57 bits per heavy atom. The lowest BCUT2D eigenvalue weighted by atomic mass is 9.88. The van der Waals surface area contributed by atoms with Crippen LogP contribution in [0.3, 0.4) is 0 Å². The van der Waals surface area contributed by atoms with Crippen LogP contribution in [-0.2, 0) is 24.1 Å². The van der Waals surface area contributed by atoms with Crippen molar-refractivity contribution in [3.8, 4) is 6.07 Å². The molecule has 0 heterocycles. The zero-order valence-electron chi connectivity index (χ0n) is 18.0. The van der Waals surface area contributed by atoms with E-state index in [0.717, 1.165) is 31.2 Å². The summed E-state index contributed by atoms with van der Waals surface area (Å²) in [6.45, 7) is 4.79. The number of amides is 1. The fraction of sp³-hybridized carbons (Fsp3) is 0.385. The quantitative estimate of drug-likeness (QED) is 0.383. The number of nitrogens with one attached hydrogen (secondary N) is 2. The number of hydrogen-bond acceptors (Lipinski definition) is 3. The molecule has 0 saturated carbocycles. The van der Waals surface area contributed by atoms with Crippen molar-refractivity contribution in [1.29, 1.82) is 5.26 Å². The minimum atomic E-state index is -0.329. The first kappa shape index (κ1) is 21.6. The molecule has 2 aromatic carbocycles. The number of fused-ring (bicyclic) bond motifs is 1. The van der Waals surface area contributed by atoms with Crippen molar-refractivity contribution >= 4 is 5.91 Å². The maximum atomic E-state index is 12.7. The second-order valence-electron chi connectivity index (χ2n) is 8.03. The number of hydrogen-bond donors (Lipinski definition) is 2. The van der Waals surface area contributed by atoms with Crippen LogP contribution in [0, 0.1) is 18.3 Å². The van der Waals surface area contributed by atoms with Crippen molar-refractivity contribution in [2.75, 3.05) is 6.54 Å². The van der Waals surface area contributed by atoms with Gasteiger partial charge >= 0.3 is 0 Å². The summed E-state index contributed by atoms with van der Waals surface area (Å²) in [5.41, 5.74) is 6.52. The second-order valence-corrected chi connectivity index (χ2v) is 8.03. The lowest BCUT2D eigenvalue weighted by Gasteiger charge is -2.21. The summed E-state index contributed by atoms with van der Waals surface area (Å²) in [5, 5.41) is 15.6. The third-order valence-electron chi connectivity index (χ3n) is 5.78. The first-order chi connectivity index (χ1) is 14.6. The number of benzene rings is 2. The largest absolute Gasteiger partial charge is 0.389 e. The number of aryl methyl sites for hydroxylation is 3. The summed E-state index contributed by atoms with van der Waals surface area (Å²) in [7, 11) is 0. The van der Waals surface area contributed by atoms with E-state index < -0.39 is 0 Å². The third kappa shape index (κ3) is 5.73. The molecule has 0 bridgehead atoms. The van der Waals surface area contributed by atoms with Gasteiger partial charge in [-0.3, -0.25) is 4.79 Å². The van der Waals surface area contributed by atoms with Crippen molar-refractivity contribution < 1.29 is 4.79 Å². The Balaban J connectivity index is 1.58. The second kappa shape index (κ2) is 10.6. The van der Waals surface area contributed by atoms with E-state index in [1.807, 2.05) is 6.07 Å². The highest BCUT2D eigenvalue weighted by Crippen LogP contribution is 2.26. The topological polar surface area (TPSA) is 64.9 Å². The van der Waals surface area contributed by atoms with Gasteiger partial charge in [-0.05, 0) is 67.7 Å². The molecular formula is C26H31N3O. The summed E-state index contributed by atoms with van der Waals surface area (Å²) in [4.78, 5) is 12.7. The molecule has 0 aromatic heterocycles. The molecule has 1 aliphatic rings. The number of rotatable bonds is 8. The molecule has 2 N–H and O–H groups in total. The molecule has 4 nitrogen and oxygen atoms in total. The maximum absolute atomic E-state index is 12.7. The van der Waals surface area contributed by atoms with Crippen molar-refractivity contribution in [2.45, 2.75) is 58.4 Å². The molecule has 30 heavy (non-hydrogen) atoms. The standard InChI is InChI=1S/C26H31N3O/c1-3-25(23-13-12-21-6-4-5-7-22(21)16-23)29-26(30)24(17-27)18-28-15-14-20-10-8-19(2)9-11-20/h8-13,16,18,25,28H,3-7,14-15H2,1-2H3,(H,29,30)/b24-18-. The van der Waals surface area contributed by atoms with Crippen molar-refractivity contribution in [1.82, 2.24) is 10.6 Å². The molecule has 4 heteroatoms. The van der Waals surface area contributed by atoms with E-state index in [0.29, 0.717) is 6.54 Å². The van der Waals surface area contributed by atoms with Crippen LogP contribution in [0.5, 0.6) is 0 Å². The highest BCUT2D eigenvalue weighted by Gasteiger charge is 2.18. The van der Waals surface area contributed by atoms with Crippen LogP contribution in [0.25, 0.3) is 0 Å². The van der Waals surface area contributed by atoms with Gasteiger partial charge in [-0.1, -0.05) is 55.0 Å². The van der Waals surface area contributed by atoms with Gasteiger partial charge in [0, 0.05) is 12.7 Å². The predicted molar refractivity (Wildman–Crippen MR) is 121 cm³/mol. The highest BCUT2D eigenvalue weighted by molar-refractivity contribution is 5.97. The van der Waals surface area contributed by atoms with E-state index in [9.17, 15) is 10.1 Å². The highest BCUT2D eigenvalue weighted by atomic mass is 16.1.